The van der Waals surface area contributed by atoms with Crippen molar-refractivity contribution in [2.45, 2.75) is 18.6 Å². The fourth-order valence-corrected chi connectivity index (χ4v) is 3.02. The number of phenols is 1. The number of hydrogen-bond donors (Lipinski definition) is 3. The summed E-state index contributed by atoms with van der Waals surface area (Å²) in [6.45, 7) is 0.797. The smallest absolute Gasteiger partial charge is 0.290 e. The Kier molecular flexibility index (Phi) is 7.63. The molecule has 154 valence electrons. The summed E-state index contributed by atoms with van der Waals surface area (Å²) in [4.78, 5) is 12.7. The van der Waals surface area contributed by atoms with Crippen molar-refractivity contribution in [3.8, 4) is 5.75 Å². The SMILES string of the molecule is O=C(Nc1ccccc1O)C1=C[C@H](c2ccccc2)C[C@H](OCCOCCO)O1. The van der Waals surface area contributed by atoms with Crippen LogP contribution < -0.4 is 5.32 Å². The van der Waals surface area contributed by atoms with Gasteiger partial charge < -0.3 is 29.7 Å². The van der Waals surface area contributed by atoms with E-state index in [9.17, 15) is 9.90 Å². The topological polar surface area (TPSA) is 97.3 Å². The second-order valence-corrected chi connectivity index (χ2v) is 6.51. The van der Waals surface area contributed by atoms with Crippen LogP contribution in [0.25, 0.3) is 0 Å². The van der Waals surface area contributed by atoms with Crippen LogP contribution in [-0.4, -0.2) is 48.8 Å². The van der Waals surface area contributed by atoms with Gasteiger partial charge in [-0.3, -0.25) is 4.79 Å². The van der Waals surface area contributed by atoms with Crippen molar-refractivity contribution in [2.75, 3.05) is 31.7 Å². The molecule has 1 heterocycles. The van der Waals surface area contributed by atoms with E-state index in [2.05, 4.69) is 5.32 Å². The number of aliphatic hydroxyl groups excluding tert-OH is 1. The average Bonchev–Trinajstić information content (AvgIpc) is 2.75. The average molecular weight is 399 g/mol. The first-order chi connectivity index (χ1) is 14.2. The molecule has 0 saturated carbocycles. The van der Waals surface area contributed by atoms with Crippen LogP contribution in [0.15, 0.2) is 66.4 Å². The van der Waals surface area contributed by atoms with Crippen LogP contribution in [0, 0.1) is 0 Å². The van der Waals surface area contributed by atoms with Crippen molar-refractivity contribution in [3.05, 3.63) is 72.0 Å². The zero-order valence-electron chi connectivity index (χ0n) is 16.0. The number of carbonyl (C=O) groups excluding carboxylic acids is 1. The number of carbonyl (C=O) groups is 1. The molecule has 1 aliphatic rings. The number of nitrogens with one attached hydrogen (secondary N) is 1. The van der Waals surface area contributed by atoms with Crippen molar-refractivity contribution in [2.24, 2.45) is 0 Å². The Morgan fingerprint density at radius 2 is 1.83 bits per heavy atom. The minimum absolute atomic E-state index is 0.0225. The third kappa shape index (κ3) is 6.05. The molecular weight excluding hydrogens is 374 g/mol. The number of ether oxygens (including phenoxy) is 3. The molecule has 2 atom stereocenters. The van der Waals surface area contributed by atoms with Gasteiger partial charge in [0.05, 0.1) is 32.1 Å². The number of para-hydroxylation sites is 2. The highest BCUT2D eigenvalue weighted by Crippen LogP contribution is 2.32. The number of phenolic OH excluding ortho intramolecular Hbond substituents is 1. The van der Waals surface area contributed by atoms with Gasteiger partial charge in [0.2, 0.25) is 6.29 Å². The van der Waals surface area contributed by atoms with Gasteiger partial charge in [-0.05, 0) is 23.8 Å². The van der Waals surface area contributed by atoms with Gasteiger partial charge >= 0.3 is 0 Å². The molecule has 7 heteroatoms. The van der Waals surface area contributed by atoms with E-state index in [-0.39, 0.29) is 37.2 Å². The normalized spacial score (nSPS) is 18.6. The molecule has 1 aliphatic heterocycles. The van der Waals surface area contributed by atoms with Crippen LogP contribution in [0.4, 0.5) is 5.69 Å². The summed E-state index contributed by atoms with van der Waals surface area (Å²) in [7, 11) is 0. The number of aliphatic hydroxyl groups is 1. The predicted molar refractivity (Wildman–Crippen MR) is 107 cm³/mol. The van der Waals surface area contributed by atoms with Gasteiger partial charge in [0.1, 0.15) is 5.75 Å². The first kappa shape index (κ1) is 20.9. The van der Waals surface area contributed by atoms with E-state index in [0.29, 0.717) is 18.7 Å². The Bertz CT molecular complexity index is 823. The Morgan fingerprint density at radius 1 is 1.07 bits per heavy atom. The van der Waals surface area contributed by atoms with Gasteiger partial charge in [-0.1, -0.05) is 42.5 Å². The van der Waals surface area contributed by atoms with E-state index in [1.54, 1.807) is 24.3 Å². The molecule has 0 spiro atoms. The quantitative estimate of drug-likeness (QED) is 0.443. The van der Waals surface area contributed by atoms with Crippen molar-refractivity contribution < 1.29 is 29.2 Å². The highest BCUT2D eigenvalue weighted by atomic mass is 16.7. The summed E-state index contributed by atoms with van der Waals surface area (Å²) < 4.78 is 16.7. The number of hydrogen-bond acceptors (Lipinski definition) is 6. The number of amides is 1. The number of allylic oxidation sites excluding steroid dienone is 1. The molecule has 0 unspecified atom stereocenters. The molecule has 3 rings (SSSR count). The van der Waals surface area contributed by atoms with Gasteiger partial charge in [0.25, 0.3) is 5.91 Å². The summed E-state index contributed by atoms with van der Waals surface area (Å²) >= 11 is 0. The summed E-state index contributed by atoms with van der Waals surface area (Å²) in [5.74, 6) is -0.406. The fraction of sp³-hybridized carbons (Fsp3) is 0.318. The lowest BCUT2D eigenvalue weighted by molar-refractivity contribution is -0.148. The third-order valence-corrected chi connectivity index (χ3v) is 4.43. The minimum atomic E-state index is -0.618. The van der Waals surface area contributed by atoms with Gasteiger partial charge in [0, 0.05) is 12.3 Å². The van der Waals surface area contributed by atoms with E-state index < -0.39 is 12.2 Å². The van der Waals surface area contributed by atoms with Gasteiger partial charge in [-0.2, -0.15) is 0 Å². The standard InChI is InChI=1S/C22H25NO6/c24-10-11-27-12-13-28-21-15-17(16-6-2-1-3-7-16)14-20(29-21)22(26)23-18-8-4-5-9-19(18)25/h1-9,14,17,21,24-25H,10-13,15H2,(H,23,26)/t17-,21+/m0/s1. The highest BCUT2D eigenvalue weighted by molar-refractivity contribution is 6.03. The fourth-order valence-electron chi connectivity index (χ4n) is 3.02. The number of aromatic hydroxyl groups is 1. The van der Waals surface area contributed by atoms with E-state index in [4.69, 9.17) is 19.3 Å². The molecule has 0 radical (unpaired) electrons. The molecule has 0 fully saturated rings. The second kappa shape index (κ2) is 10.6. The molecular formula is C22H25NO6. The minimum Gasteiger partial charge on any atom is -0.506 e. The molecule has 7 nitrogen and oxygen atoms in total. The Balaban J connectivity index is 1.71. The first-order valence-electron chi connectivity index (χ1n) is 9.50. The Hall–Kier alpha value is -2.87. The lowest BCUT2D eigenvalue weighted by Gasteiger charge is -2.29. The van der Waals surface area contributed by atoms with E-state index >= 15 is 0 Å². The van der Waals surface area contributed by atoms with Crippen LogP contribution in [0.2, 0.25) is 0 Å². The summed E-state index contributed by atoms with van der Waals surface area (Å²) in [5.41, 5.74) is 1.35. The molecule has 0 bridgehead atoms. The highest BCUT2D eigenvalue weighted by Gasteiger charge is 2.29. The number of benzene rings is 2. The van der Waals surface area contributed by atoms with Crippen molar-refractivity contribution >= 4 is 11.6 Å². The molecule has 29 heavy (non-hydrogen) atoms. The lowest BCUT2D eigenvalue weighted by atomic mass is 9.93. The van der Waals surface area contributed by atoms with E-state index in [1.807, 2.05) is 30.3 Å². The van der Waals surface area contributed by atoms with Crippen LogP contribution in [0.3, 0.4) is 0 Å². The van der Waals surface area contributed by atoms with Crippen molar-refractivity contribution in [3.63, 3.8) is 0 Å². The zero-order chi connectivity index (χ0) is 20.5. The maximum atomic E-state index is 12.7. The second-order valence-electron chi connectivity index (χ2n) is 6.51. The van der Waals surface area contributed by atoms with Gasteiger partial charge in [-0.25, -0.2) is 0 Å². The van der Waals surface area contributed by atoms with Gasteiger partial charge in [0.15, 0.2) is 5.76 Å². The van der Waals surface area contributed by atoms with E-state index in [1.165, 1.54) is 6.07 Å². The third-order valence-electron chi connectivity index (χ3n) is 4.43. The Labute approximate surface area is 169 Å². The molecule has 0 aliphatic carbocycles. The van der Waals surface area contributed by atoms with Crippen molar-refractivity contribution in [1.29, 1.82) is 0 Å². The lowest BCUT2D eigenvalue weighted by Crippen LogP contribution is -2.30. The zero-order valence-corrected chi connectivity index (χ0v) is 16.0. The summed E-state index contributed by atoms with van der Waals surface area (Å²) in [6.07, 6.45) is 1.71. The molecule has 0 aromatic heterocycles. The number of rotatable bonds is 9. The van der Waals surface area contributed by atoms with Crippen LogP contribution >= 0.6 is 0 Å². The molecule has 2 aromatic carbocycles. The molecule has 3 N–H and O–H groups in total. The van der Waals surface area contributed by atoms with Crippen LogP contribution in [0.1, 0.15) is 17.9 Å². The summed E-state index contributed by atoms with van der Waals surface area (Å²) in [5, 5.41) is 21.3. The first-order valence-corrected chi connectivity index (χ1v) is 9.50. The van der Waals surface area contributed by atoms with Crippen LogP contribution in [0.5, 0.6) is 5.75 Å². The van der Waals surface area contributed by atoms with Crippen LogP contribution in [-0.2, 0) is 19.0 Å². The molecule has 2 aromatic rings. The predicted octanol–water partition coefficient (Wildman–Crippen LogP) is 2.77. The van der Waals surface area contributed by atoms with Crippen molar-refractivity contribution in [1.82, 2.24) is 0 Å². The number of anilines is 1. The largest absolute Gasteiger partial charge is 0.506 e. The molecule has 0 saturated heterocycles. The maximum absolute atomic E-state index is 12.7. The molecule has 1 amide bonds. The van der Waals surface area contributed by atoms with Gasteiger partial charge in [-0.15, -0.1) is 0 Å². The Morgan fingerprint density at radius 3 is 2.59 bits per heavy atom. The van der Waals surface area contributed by atoms with E-state index in [0.717, 1.165) is 5.56 Å². The summed E-state index contributed by atoms with van der Waals surface area (Å²) in [6, 6.07) is 16.3. The maximum Gasteiger partial charge on any atom is 0.290 e. The monoisotopic (exact) mass is 399 g/mol.